The van der Waals surface area contributed by atoms with Gasteiger partial charge in [-0.3, -0.25) is 9.59 Å². The highest BCUT2D eigenvalue weighted by Crippen LogP contribution is 2.20. The summed E-state index contributed by atoms with van der Waals surface area (Å²) in [5.41, 5.74) is 1.17. The van der Waals surface area contributed by atoms with Gasteiger partial charge in [0, 0.05) is 24.0 Å². The van der Waals surface area contributed by atoms with Crippen molar-refractivity contribution >= 4 is 29.3 Å². The van der Waals surface area contributed by atoms with Gasteiger partial charge in [-0.15, -0.1) is 11.3 Å². The number of carbonyl (C=O) groups excluding carboxylic acids is 2. The van der Waals surface area contributed by atoms with Crippen LogP contribution in [-0.2, 0) is 14.3 Å². The quantitative estimate of drug-likeness (QED) is 0.635. The predicted molar refractivity (Wildman–Crippen MR) is 84.0 cm³/mol. The normalized spacial score (nSPS) is 19.0. The van der Waals surface area contributed by atoms with Crippen LogP contribution in [0, 0.1) is 12.8 Å². The molecular formula is C16H21NO3S. The summed E-state index contributed by atoms with van der Waals surface area (Å²) in [7, 11) is 0. The van der Waals surface area contributed by atoms with Gasteiger partial charge in [0.15, 0.2) is 0 Å². The second-order valence-electron chi connectivity index (χ2n) is 5.18. The molecule has 1 atom stereocenters. The van der Waals surface area contributed by atoms with Crippen LogP contribution in [0.2, 0.25) is 0 Å². The first-order valence-corrected chi connectivity index (χ1v) is 8.17. The molecule has 1 aromatic heterocycles. The summed E-state index contributed by atoms with van der Waals surface area (Å²) in [4.78, 5) is 26.8. The first-order chi connectivity index (χ1) is 10.1. The van der Waals surface area contributed by atoms with Crippen LogP contribution in [-0.4, -0.2) is 36.5 Å². The molecule has 0 radical (unpaired) electrons. The number of ether oxygens (including phenoxy) is 1. The topological polar surface area (TPSA) is 46.6 Å². The molecule has 0 spiro atoms. The van der Waals surface area contributed by atoms with Gasteiger partial charge in [0.2, 0.25) is 5.91 Å². The van der Waals surface area contributed by atoms with Crippen molar-refractivity contribution < 1.29 is 14.3 Å². The summed E-state index contributed by atoms with van der Waals surface area (Å²) >= 11 is 1.62. The molecule has 0 aliphatic carbocycles. The molecule has 0 bridgehead atoms. The average molecular weight is 307 g/mol. The Hall–Kier alpha value is -1.62. The molecule has 1 fully saturated rings. The maximum atomic E-state index is 12.2. The standard InChI is InChI=1S/C16H21NO3S/c1-3-20-16(19)13-5-4-9-17(11-13)15(18)7-6-14-12(2)8-10-21-14/h6-8,10,13H,3-5,9,11H2,1-2H3/b7-6-/t13-/m0/s1. The molecule has 114 valence electrons. The molecule has 21 heavy (non-hydrogen) atoms. The summed E-state index contributed by atoms with van der Waals surface area (Å²) in [6, 6.07) is 2.03. The van der Waals surface area contributed by atoms with E-state index in [1.54, 1.807) is 29.2 Å². The number of thiophene rings is 1. The molecule has 1 aliphatic heterocycles. The second kappa shape index (κ2) is 7.41. The third-order valence-electron chi connectivity index (χ3n) is 3.63. The number of piperidine rings is 1. The molecule has 2 rings (SSSR count). The fourth-order valence-corrected chi connectivity index (χ4v) is 3.26. The summed E-state index contributed by atoms with van der Waals surface area (Å²) in [5, 5.41) is 2.01. The first kappa shape index (κ1) is 15.8. The number of likely N-dealkylation sites (tertiary alicyclic amines) is 1. The van der Waals surface area contributed by atoms with Crippen LogP contribution < -0.4 is 0 Å². The molecule has 1 aliphatic rings. The summed E-state index contributed by atoms with van der Waals surface area (Å²) in [6.07, 6.45) is 5.11. The van der Waals surface area contributed by atoms with E-state index in [-0.39, 0.29) is 17.8 Å². The van der Waals surface area contributed by atoms with Crippen LogP contribution >= 0.6 is 11.3 Å². The number of hydrogen-bond donors (Lipinski definition) is 0. The minimum absolute atomic E-state index is 0.0307. The zero-order chi connectivity index (χ0) is 15.2. The number of aryl methyl sites for hydroxylation is 1. The van der Waals surface area contributed by atoms with Gasteiger partial charge in [0.25, 0.3) is 0 Å². The van der Waals surface area contributed by atoms with E-state index in [4.69, 9.17) is 4.74 Å². The van der Waals surface area contributed by atoms with Gasteiger partial charge in [0.1, 0.15) is 0 Å². The van der Waals surface area contributed by atoms with E-state index in [1.165, 1.54) is 5.56 Å². The highest BCUT2D eigenvalue weighted by atomic mass is 32.1. The Morgan fingerprint density at radius 1 is 1.52 bits per heavy atom. The molecule has 1 amide bonds. The molecule has 0 saturated carbocycles. The smallest absolute Gasteiger partial charge is 0.310 e. The fraction of sp³-hybridized carbons (Fsp3) is 0.500. The third-order valence-corrected chi connectivity index (χ3v) is 4.62. The number of hydrogen-bond acceptors (Lipinski definition) is 4. The van der Waals surface area contributed by atoms with Crippen molar-refractivity contribution in [3.63, 3.8) is 0 Å². The largest absolute Gasteiger partial charge is 0.466 e. The molecule has 1 saturated heterocycles. The monoisotopic (exact) mass is 307 g/mol. The van der Waals surface area contributed by atoms with Crippen molar-refractivity contribution in [1.29, 1.82) is 0 Å². The first-order valence-electron chi connectivity index (χ1n) is 7.29. The molecule has 2 heterocycles. The zero-order valence-corrected chi connectivity index (χ0v) is 13.3. The maximum absolute atomic E-state index is 12.2. The Kier molecular flexibility index (Phi) is 5.56. The van der Waals surface area contributed by atoms with Crippen LogP contribution in [0.25, 0.3) is 6.08 Å². The Balaban J connectivity index is 1.94. The lowest BCUT2D eigenvalue weighted by Gasteiger charge is -2.30. The second-order valence-corrected chi connectivity index (χ2v) is 6.12. The van der Waals surface area contributed by atoms with Gasteiger partial charge in [-0.2, -0.15) is 0 Å². The highest BCUT2D eigenvalue weighted by Gasteiger charge is 2.28. The number of carbonyl (C=O) groups is 2. The maximum Gasteiger partial charge on any atom is 0.310 e. The lowest BCUT2D eigenvalue weighted by Crippen LogP contribution is -2.42. The van der Waals surface area contributed by atoms with Gasteiger partial charge in [-0.25, -0.2) is 0 Å². The average Bonchev–Trinajstić information content (AvgIpc) is 2.90. The van der Waals surface area contributed by atoms with Crippen LogP contribution in [0.4, 0.5) is 0 Å². The van der Waals surface area contributed by atoms with E-state index >= 15 is 0 Å². The Bertz CT molecular complexity index is 535. The zero-order valence-electron chi connectivity index (χ0n) is 12.5. The van der Waals surface area contributed by atoms with Gasteiger partial charge >= 0.3 is 5.97 Å². The number of esters is 1. The SMILES string of the molecule is CCOC(=O)[C@H]1CCCN(C(=O)/C=C\c2sccc2C)C1. The van der Waals surface area contributed by atoms with Crippen molar-refractivity contribution in [2.75, 3.05) is 19.7 Å². The van der Waals surface area contributed by atoms with Gasteiger partial charge in [-0.05, 0) is 49.8 Å². The Labute approximate surface area is 129 Å². The van der Waals surface area contributed by atoms with E-state index in [2.05, 4.69) is 0 Å². The highest BCUT2D eigenvalue weighted by molar-refractivity contribution is 7.11. The van der Waals surface area contributed by atoms with E-state index in [9.17, 15) is 9.59 Å². The third kappa shape index (κ3) is 4.17. The summed E-state index contributed by atoms with van der Waals surface area (Å²) in [5.74, 6) is -0.399. The van der Waals surface area contributed by atoms with Crippen molar-refractivity contribution in [3.05, 3.63) is 28.0 Å². The van der Waals surface area contributed by atoms with Crippen molar-refractivity contribution in [2.24, 2.45) is 5.92 Å². The Morgan fingerprint density at radius 3 is 3.00 bits per heavy atom. The summed E-state index contributed by atoms with van der Waals surface area (Å²) in [6.45, 7) is 5.39. The molecular weight excluding hydrogens is 286 g/mol. The molecule has 0 unspecified atom stereocenters. The van der Waals surface area contributed by atoms with E-state index < -0.39 is 0 Å². The fourth-order valence-electron chi connectivity index (χ4n) is 2.44. The van der Waals surface area contributed by atoms with Crippen molar-refractivity contribution in [2.45, 2.75) is 26.7 Å². The Morgan fingerprint density at radius 2 is 2.33 bits per heavy atom. The van der Waals surface area contributed by atoms with Gasteiger partial charge < -0.3 is 9.64 Å². The van der Waals surface area contributed by atoms with Crippen LogP contribution in [0.3, 0.4) is 0 Å². The van der Waals surface area contributed by atoms with Gasteiger partial charge in [-0.1, -0.05) is 0 Å². The number of nitrogens with zero attached hydrogens (tertiary/aromatic N) is 1. The minimum atomic E-state index is -0.187. The number of amides is 1. The van der Waals surface area contributed by atoms with Crippen LogP contribution in [0.15, 0.2) is 17.5 Å². The van der Waals surface area contributed by atoms with Gasteiger partial charge in [0.05, 0.1) is 12.5 Å². The van der Waals surface area contributed by atoms with Crippen molar-refractivity contribution in [3.8, 4) is 0 Å². The van der Waals surface area contributed by atoms with Crippen LogP contribution in [0.1, 0.15) is 30.2 Å². The minimum Gasteiger partial charge on any atom is -0.466 e. The lowest BCUT2D eigenvalue weighted by molar-refractivity contribution is -0.150. The molecule has 0 aromatic carbocycles. The van der Waals surface area contributed by atoms with E-state index in [0.29, 0.717) is 19.7 Å². The molecule has 5 heteroatoms. The van der Waals surface area contributed by atoms with Crippen LogP contribution in [0.5, 0.6) is 0 Å². The molecule has 0 N–H and O–H groups in total. The van der Waals surface area contributed by atoms with E-state index in [1.807, 2.05) is 24.4 Å². The number of rotatable bonds is 4. The lowest BCUT2D eigenvalue weighted by atomic mass is 9.98. The predicted octanol–water partition coefficient (Wildman–Crippen LogP) is 2.87. The van der Waals surface area contributed by atoms with E-state index in [0.717, 1.165) is 17.7 Å². The molecule has 1 aromatic rings. The van der Waals surface area contributed by atoms with Crippen molar-refractivity contribution in [1.82, 2.24) is 4.90 Å². The summed E-state index contributed by atoms with van der Waals surface area (Å²) < 4.78 is 5.05. The molecule has 4 nitrogen and oxygen atoms in total.